The molecule has 1 aliphatic carbocycles. The largest absolute Gasteiger partial charge is 0.390 e. The summed E-state index contributed by atoms with van der Waals surface area (Å²) in [6.45, 7) is 8.24. The lowest BCUT2D eigenvalue weighted by Gasteiger charge is -2.52. The Morgan fingerprint density at radius 1 is 1.41 bits per heavy atom. The number of halogens is 3. The van der Waals surface area contributed by atoms with Crippen LogP contribution in [-0.2, 0) is 4.74 Å². The molecule has 3 atom stereocenters. The molecule has 0 aromatic carbocycles. The highest BCUT2D eigenvalue weighted by Crippen LogP contribution is 2.43. The summed E-state index contributed by atoms with van der Waals surface area (Å²) >= 11 is 0. The van der Waals surface area contributed by atoms with Crippen molar-refractivity contribution < 1.29 is 17.9 Å². The molecule has 0 saturated heterocycles. The SMILES string of the molecule is CCOC1CC(NC(C)CC(F)(F)F)C1(C)C. The number of alkyl halides is 3. The van der Waals surface area contributed by atoms with Crippen LogP contribution in [0.1, 0.15) is 40.5 Å². The highest BCUT2D eigenvalue weighted by atomic mass is 19.4. The smallest absolute Gasteiger partial charge is 0.378 e. The van der Waals surface area contributed by atoms with Gasteiger partial charge in [0.1, 0.15) is 0 Å². The Hall–Kier alpha value is -0.290. The summed E-state index contributed by atoms with van der Waals surface area (Å²) in [5.41, 5.74) is -0.0874. The zero-order valence-corrected chi connectivity index (χ0v) is 10.9. The first kappa shape index (κ1) is 14.8. The molecule has 3 unspecified atom stereocenters. The fourth-order valence-corrected chi connectivity index (χ4v) is 2.40. The lowest BCUT2D eigenvalue weighted by molar-refractivity contribution is -0.147. The first-order valence-corrected chi connectivity index (χ1v) is 6.11. The van der Waals surface area contributed by atoms with Crippen molar-refractivity contribution in [2.24, 2.45) is 5.41 Å². The summed E-state index contributed by atoms with van der Waals surface area (Å²) in [4.78, 5) is 0. The summed E-state index contributed by atoms with van der Waals surface area (Å²) in [6.07, 6.45) is -3.93. The summed E-state index contributed by atoms with van der Waals surface area (Å²) in [5, 5.41) is 3.05. The molecule has 0 spiro atoms. The average Bonchev–Trinajstić information content (AvgIpc) is 2.13. The lowest BCUT2D eigenvalue weighted by Crippen LogP contribution is -2.62. The van der Waals surface area contributed by atoms with Gasteiger partial charge in [-0.05, 0) is 20.3 Å². The molecule has 2 nitrogen and oxygen atoms in total. The van der Waals surface area contributed by atoms with Crippen LogP contribution in [0, 0.1) is 5.41 Å². The lowest BCUT2D eigenvalue weighted by atomic mass is 9.64. The zero-order chi connectivity index (χ0) is 13.3. The normalized spacial score (nSPS) is 29.8. The van der Waals surface area contributed by atoms with Crippen LogP contribution >= 0.6 is 0 Å². The van der Waals surface area contributed by atoms with Gasteiger partial charge < -0.3 is 10.1 Å². The zero-order valence-electron chi connectivity index (χ0n) is 10.9. The van der Waals surface area contributed by atoms with Crippen LogP contribution in [0.3, 0.4) is 0 Å². The number of nitrogens with one attached hydrogen (secondary N) is 1. The van der Waals surface area contributed by atoms with Gasteiger partial charge in [0.2, 0.25) is 0 Å². The highest BCUT2D eigenvalue weighted by Gasteiger charge is 2.49. The van der Waals surface area contributed by atoms with Gasteiger partial charge in [0.15, 0.2) is 0 Å². The van der Waals surface area contributed by atoms with Crippen LogP contribution in [0.5, 0.6) is 0 Å². The van der Waals surface area contributed by atoms with Crippen LogP contribution in [0.2, 0.25) is 0 Å². The molecule has 0 heterocycles. The van der Waals surface area contributed by atoms with Gasteiger partial charge in [-0.1, -0.05) is 13.8 Å². The number of hydrogen-bond acceptors (Lipinski definition) is 2. The van der Waals surface area contributed by atoms with Gasteiger partial charge in [-0.15, -0.1) is 0 Å². The molecular formula is C12H22F3NO. The minimum absolute atomic E-state index is 0.0874. The molecule has 5 heteroatoms. The van der Waals surface area contributed by atoms with Crippen LogP contribution in [0.25, 0.3) is 0 Å². The molecule has 1 N–H and O–H groups in total. The number of rotatable bonds is 5. The minimum atomic E-state index is -4.10. The van der Waals surface area contributed by atoms with Gasteiger partial charge in [0.05, 0.1) is 12.5 Å². The van der Waals surface area contributed by atoms with Gasteiger partial charge in [0, 0.05) is 24.1 Å². The maximum absolute atomic E-state index is 12.2. The topological polar surface area (TPSA) is 21.3 Å². The van der Waals surface area contributed by atoms with Crippen molar-refractivity contribution in [1.82, 2.24) is 5.32 Å². The van der Waals surface area contributed by atoms with Crippen LogP contribution in [-0.4, -0.2) is 31.0 Å². The van der Waals surface area contributed by atoms with Crippen molar-refractivity contribution >= 4 is 0 Å². The molecule has 0 aromatic heterocycles. The average molecular weight is 253 g/mol. The van der Waals surface area contributed by atoms with E-state index in [1.807, 2.05) is 20.8 Å². The standard InChI is InChI=1S/C12H22F3NO/c1-5-17-10-6-9(11(10,3)4)16-8(2)7-12(13,14)15/h8-10,16H,5-7H2,1-4H3. The molecule has 0 aromatic rings. The summed E-state index contributed by atoms with van der Waals surface area (Å²) in [6, 6.07) is -0.432. The maximum atomic E-state index is 12.2. The Kier molecular flexibility index (Phi) is 4.47. The number of ether oxygens (including phenoxy) is 1. The molecule has 1 saturated carbocycles. The van der Waals surface area contributed by atoms with E-state index < -0.39 is 18.6 Å². The second-order valence-electron chi connectivity index (χ2n) is 5.44. The molecule has 1 rings (SSSR count). The molecule has 0 bridgehead atoms. The van der Waals surface area contributed by atoms with Crippen molar-refractivity contribution in [2.45, 2.75) is 64.9 Å². The first-order chi connectivity index (χ1) is 7.66. The molecule has 1 aliphatic rings. The van der Waals surface area contributed by atoms with Crippen molar-refractivity contribution in [3.05, 3.63) is 0 Å². The Bertz CT molecular complexity index is 253. The van der Waals surface area contributed by atoms with Crippen LogP contribution < -0.4 is 5.32 Å². The Balaban J connectivity index is 2.39. The highest BCUT2D eigenvalue weighted by molar-refractivity contribution is 5.03. The Labute approximate surface area is 101 Å². The molecule has 0 amide bonds. The maximum Gasteiger partial charge on any atom is 0.390 e. The fourth-order valence-electron chi connectivity index (χ4n) is 2.40. The van der Waals surface area contributed by atoms with Gasteiger partial charge in [0.25, 0.3) is 0 Å². The third kappa shape index (κ3) is 3.85. The van der Waals surface area contributed by atoms with E-state index in [0.29, 0.717) is 6.61 Å². The Morgan fingerprint density at radius 3 is 2.41 bits per heavy atom. The summed E-state index contributed by atoms with van der Waals surface area (Å²) < 4.78 is 42.2. The van der Waals surface area contributed by atoms with Gasteiger partial charge in [-0.25, -0.2) is 0 Å². The van der Waals surface area contributed by atoms with Crippen molar-refractivity contribution in [1.29, 1.82) is 0 Å². The quantitative estimate of drug-likeness (QED) is 0.812. The van der Waals surface area contributed by atoms with E-state index in [4.69, 9.17) is 4.74 Å². The molecule has 0 radical (unpaired) electrons. The second-order valence-corrected chi connectivity index (χ2v) is 5.44. The molecule has 17 heavy (non-hydrogen) atoms. The summed E-state index contributed by atoms with van der Waals surface area (Å²) in [5.74, 6) is 0. The third-order valence-electron chi connectivity index (χ3n) is 3.57. The predicted molar refractivity (Wildman–Crippen MR) is 60.9 cm³/mol. The van der Waals surface area contributed by atoms with Gasteiger partial charge in [-0.3, -0.25) is 0 Å². The molecule has 0 aliphatic heterocycles. The van der Waals surface area contributed by atoms with E-state index >= 15 is 0 Å². The molecular weight excluding hydrogens is 231 g/mol. The van der Waals surface area contributed by atoms with Gasteiger partial charge in [-0.2, -0.15) is 13.2 Å². The number of hydrogen-bond donors (Lipinski definition) is 1. The Morgan fingerprint density at radius 2 is 2.00 bits per heavy atom. The monoisotopic (exact) mass is 253 g/mol. The molecule has 102 valence electrons. The summed E-state index contributed by atoms with van der Waals surface area (Å²) in [7, 11) is 0. The first-order valence-electron chi connectivity index (χ1n) is 6.11. The van der Waals surface area contributed by atoms with E-state index in [0.717, 1.165) is 6.42 Å². The minimum Gasteiger partial charge on any atom is -0.378 e. The fraction of sp³-hybridized carbons (Fsp3) is 1.00. The van der Waals surface area contributed by atoms with E-state index in [9.17, 15) is 13.2 Å². The van der Waals surface area contributed by atoms with Crippen molar-refractivity contribution in [3.8, 4) is 0 Å². The van der Waals surface area contributed by atoms with Crippen LogP contribution in [0.15, 0.2) is 0 Å². The molecule has 1 fully saturated rings. The predicted octanol–water partition coefficient (Wildman–Crippen LogP) is 3.12. The van der Waals surface area contributed by atoms with E-state index in [1.54, 1.807) is 6.92 Å². The van der Waals surface area contributed by atoms with E-state index in [-0.39, 0.29) is 17.6 Å². The van der Waals surface area contributed by atoms with E-state index in [2.05, 4.69) is 5.32 Å². The van der Waals surface area contributed by atoms with Crippen molar-refractivity contribution in [3.63, 3.8) is 0 Å². The van der Waals surface area contributed by atoms with Crippen LogP contribution in [0.4, 0.5) is 13.2 Å². The van der Waals surface area contributed by atoms with E-state index in [1.165, 1.54) is 0 Å². The van der Waals surface area contributed by atoms with Crippen molar-refractivity contribution in [2.75, 3.05) is 6.61 Å². The second kappa shape index (κ2) is 5.14. The third-order valence-corrected chi connectivity index (χ3v) is 3.57. The van der Waals surface area contributed by atoms with Gasteiger partial charge >= 0.3 is 6.18 Å².